The smallest absolute Gasteiger partial charge is 0.433 e. The van der Waals surface area contributed by atoms with Crippen molar-refractivity contribution in [3.05, 3.63) is 59.7 Å². The predicted molar refractivity (Wildman–Crippen MR) is 110 cm³/mol. The second kappa shape index (κ2) is 8.72. The molecule has 0 saturated heterocycles. The minimum absolute atomic E-state index is 0.00973. The maximum Gasteiger partial charge on any atom is 0.433 e. The molecule has 1 saturated carbocycles. The topological polar surface area (TPSA) is 82.8 Å². The zero-order valence-corrected chi connectivity index (χ0v) is 17.7. The number of carbonyl (C=O) groups is 1. The standard InChI is InChI=1S/C22H19F4N5O2/c1-12(2)33-21(32)15(16-4-3-5-19(23)29-16)10-31-11-27-20(30-31)14-8-17(13-6-7-13)28-18(9-14)22(24,25)26/h3-5,8-13H,6-7H2,1-2H3/b15-10+. The largest absolute Gasteiger partial charge is 0.459 e. The molecule has 1 fully saturated rings. The molecule has 0 spiro atoms. The van der Waals surface area contributed by atoms with E-state index in [1.54, 1.807) is 19.9 Å². The third-order valence-corrected chi connectivity index (χ3v) is 4.71. The summed E-state index contributed by atoms with van der Waals surface area (Å²) >= 11 is 0. The summed E-state index contributed by atoms with van der Waals surface area (Å²) in [6.07, 6.45) is -1.04. The van der Waals surface area contributed by atoms with Gasteiger partial charge in [0, 0.05) is 23.4 Å². The van der Waals surface area contributed by atoms with Gasteiger partial charge in [-0.3, -0.25) is 0 Å². The Balaban J connectivity index is 1.73. The van der Waals surface area contributed by atoms with E-state index in [0.717, 1.165) is 29.7 Å². The third-order valence-electron chi connectivity index (χ3n) is 4.71. The molecule has 0 radical (unpaired) electrons. The molecule has 11 heteroatoms. The van der Waals surface area contributed by atoms with E-state index >= 15 is 0 Å². The van der Waals surface area contributed by atoms with Crippen LogP contribution in [0.15, 0.2) is 36.7 Å². The van der Waals surface area contributed by atoms with Crippen molar-refractivity contribution in [2.45, 2.75) is 44.9 Å². The van der Waals surface area contributed by atoms with Crippen molar-refractivity contribution in [1.82, 2.24) is 24.7 Å². The number of esters is 1. The third kappa shape index (κ3) is 5.41. The lowest BCUT2D eigenvalue weighted by atomic mass is 10.1. The minimum Gasteiger partial charge on any atom is -0.459 e. The average molecular weight is 461 g/mol. The van der Waals surface area contributed by atoms with Crippen LogP contribution in [-0.2, 0) is 15.7 Å². The van der Waals surface area contributed by atoms with Gasteiger partial charge in [0.15, 0.2) is 5.82 Å². The van der Waals surface area contributed by atoms with E-state index in [0.29, 0.717) is 5.69 Å². The molecule has 3 heterocycles. The SMILES string of the molecule is CC(C)OC(=O)/C(=C/n1cnc(-c2cc(C3CC3)nc(C(F)(F)F)c2)n1)c1cccc(F)n1. The molecule has 0 N–H and O–H groups in total. The number of carbonyl (C=O) groups excluding carboxylic acids is 1. The van der Waals surface area contributed by atoms with Crippen molar-refractivity contribution in [3.8, 4) is 11.4 Å². The van der Waals surface area contributed by atoms with Crippen molar-refractivity contribution in [1.29, 1.82) is 0 Å². The summed E-state index contributed by atoms with van der Waals surface area (Å²) in [5.41, 5.74) is -0.599. The Kier molecular flexibility index (Phi) is 5.96. The van der Waals surface area contributed by atoms with Gasteiger partial charge in [-0.2, -0.15) is 17.6 Å². The van der Waals surface area contributed by atoms with Crippen LogP contribution in [0.4, 0.5) is 17.6 Å². The summed E-state index contributed by atoms with van der Waals surface area (Å²) < 4.78 is 60.0. The fourth-order valence-electron chi connectivity index (χ4n) is 3.08. The van der Waals surface area contributed by atoms with Gasteiger partial charge in [-0.1, -0.05) is 6.07 Å². The molecule has 0 atom stereocenters. The highest BCUT2D eigenvalue weighted by atomic mass is 19.4. The van der Waals surface area contributed by atoms with Gasteiger partial charge in [-0.25, -0.2) is 24.4 Å². The molecule has 0 aromatic carbocycles. The average Bonchev–Trinajstić information content (AvgIpc) is 3.49. The first-order valence-corrected chi connectivity index (χ1v) is 10.2. The van der Waals surface area contributed by atoms with Crippen molar-refractivity contribution >= 4 is 17.7 Å². The molecule has 0 bridgehead atoms. The number of nitrogens with zero attached hydrogens (tertiary/aromatic N) is 5. The number of hydrogen-bond donors (Lipinski definition) is 0. The minimum atomic E-state index is -4.61. The Labute approximate surface area is 186 Å². The van der Waals surface area contributed by atoms with Gasteiger partial charge in [-0.15, -0.1) is 5.10 Å². The highest BCUT2D eigenvalue weighted by Crippen LogP contribution is 2.41. The Hall–Kier alpha value is -3.63. The first kappa shape index (κ1) is 22.6. The zero-order valence-electron chi connectivity index (χ0n) is 17.7. The predicted octanol–water partition coefficient (Wildman–Crippen LogP) is 4.72. The lowest BCUT2D eigenvalue weighted by Gasteiger charge is -2.10. The van der Waals surface area contributed by atoms with Crippen LogP contribution < -0.4 is 0 Å². The van der Waals surface area contributed by atoms with Crippen LogP contribution in [0.2, 0.25) is 0 Å². The number of alkyl halides is 3. The number of hydrogen-bond acceptors (Lipinski definition) is 6. The second-order valence-electron chi connectivity index (χ2n) is 7.83. The second-order valence-corrected chi connectivity index (χ2v) is 7.83. The maximum atomic E-state index is 13.6. The van der Waals surface area contributed by atoms with Gasteiger partial charge in [0.05, 0.1) is 11.8 Å². The lowest BCUT2D eigenvalue weighted by Crippen LogP contribution is -2.14. The monoisotopic (exact) mass is 461 g/mol. The summed E-state index contributed by atoms with van der Waals surface area (Å²) in [6.45, 7) is 3.31. The first-order chi connectivity index (χ1) is 15.6. The van der Waals surface area contributed by atoms with E-state index < -0.39 is 29.9 Å². The van der Waals surface area contributed by atoms with E-state index in [4.69, 9.17) is 4.74 Å². The van der Waals surface area contributed by atoms with Gasteiger partial charge in [0.1, 0.15) is 17.6 Å². The highest BCUT2D eigenvalue weighted by molar-refractivity contribution is 6.19. The lowest BCUT2D eigenvalue weighted by molar-refractivity contribution is -0.141. The quantitative estimate of drug-likeness (QED) is 0.229. The number of aromatic nitrogens is 5. The Morgan fingerprint density at radius 3 is 2.61 bits per heavy atom. The first-order valence-electron chi connectivity index (χ1n) is 10.2. The summed E-state index contributed by atoms with van der Waals surface area (Å²) in [6, 6.07) is 6.36. The molecule has 33 heavy (non-hydrogen) atoms. The molecule has 0 unspecified atom stereocenters. The van der Waals surface area contributed by atoms with Crippen molar-refractivity contribution in [2.24, 2.45) is 0 Å². The van der Waals surface area contributed by atoms with Gasteiger partial charge in [0.25, 0.3) is 0 Å². The number of rotatable bonds is 6. The van der Waals surface area contributed by atoms with Crippen LogP contribution >= 0.6 is 0 Å². The van der Waals surface area contributed by atoms with Crippen LogP contribution in [-0.4, -0.2) is 36.8 Å². The molecular formula is C22H19F4N5O2. The van der Waals surface area contributed by atoms with Crippen LogP contribution in [0.3, 0.4) is 0 Å². The van der Waals surface area contributed by atoms with Gasteiger partial charge >= 0.3 is 12.1 Å². The van der Waals surface area contributed by atoms with Crippen molar-refractivity contribution in [2.75, 3.05) is 0 Å². The molecule has 3 aromatic rings. The number of halogens is 4. The van der Waals surface area contributed by atoms with Gasteiger partial charge in [0.2, 0.25) is 5.95 Å². The van der Waals surface area contributed by atoms with E-state index in [2.05, 4.69) is 20.1 Å². The fraction of sp³-hybridized carbons (Fsp3) is 0.318. The van der Waals surface area contributed by atoms with E-state index in [-0.39, 0.29) is 28.6 Å². The molecule has 1 aliphatic rings. The number of ether oxygens (including phenoxy) is 1. The number of pyridine rings is 2. The van der Waals surface area contributed by atoms with Gasteiger partial charge in [-0.05, 0) is 51.0 Å². The summed E-state index contributed by atoms with van der Waals surface area (Å²) in [4.78, 5) is 24.1. The van der Waals surface area contributed by atoms with Crippen molar-refractivity contribution < 1.29 is 27.1 Å². The molecule has 172 valence electrons. The normalized spacial score (nSPS) is 14.6. The maximum absolute atomic E-state index is 13.6. The van der Waals surface area contributed by atoms with E-state index in [1.807, 2.05) is 0 Å². The Bertz CT molecular complexity index is 1220. The summed E-state index contributed by atoms with van der Waals surface area (Å²) in [5.74, 6) is -1.55. The molecule has 3 aromatic heterocycles. The molecule has 4 rings (SSSR count). The van der Waals surface area contributed by atoms with Crippen LogP contribution in [0, 0.1) is 5.95 Å². The molecule has 0 aliphatic heterocycles. The van der Waals surface area contributed by atoms with Crippen LogP contribution in [0.25, 0.3) is 23.2 Å². The van der Waals surface area contributed by atoms with Gasteiger partial charge < -0.3 is 4.74 Å². The zero-order chi connectivity index (χ0) is 23.8. The van der Waals surface area contributed by atoms with E-state index in [9.17, 15) is 22.4 Å². The van der Waals surface area contributed by atoms with Crippen LogP contribution in [0.5, 0.6) is 0 Å². The Morgan fingerprint density at radius 2 is 1.97 bits per heavy atom. The molecular weight excluding hydrogens is 442 g/mol. The van der Waals surface area contributed by atoms with E-state index in [1.165, 1.54) is 24.7 Å². The summed E-state index contributed by atoms with van der Waals surface area (Å²) in [7, 11) is 0. The molecule has 0 amide bonds. The molecule has 7 nitrogen and oxygen atoms in total. The summed E-state index contributed by atoms with van der Waals surface area (Å²) in [5, 5.41) is 4.18. The Morgan fingerprint density at radius 1 is 1.21 bits per heavy atom. The highest BCUT2D eigenvalue weighted by Gasteiger charge is 2.35. The molecule has 1 aliphatic carbocycles. The van der Waals surface area contributed by atoms with Crippen molar-refractivity contribution in [3.63, 3.8) is 0 Å². The fourth-order valence-corrected chi connectivity index (χ4v) is 3.08. The van der Waals surface area contributed by atoms with Crippen LogP contribution in [0.1, 0.15) is 49.7 Å².